The second-order valence-electron chi connectivity index (χ2n) is 5.44. The van der Waals surface area contributed by atoms with E-state index in [2.05, 4.69) is 12.2 Å². The van der Waals surface area contributed by atoms with Crippen molar-refractivity contribution in [2.24, 2.45) is 11.7 Å². The zero-order chi connectivity index (χ0) is 13.5. The van der Waals surface area contributed by atoms with E-state index in [1.165, 1.54) is 0 Å². The maximum atomic E-state index is 11.9. The molecule has 0 bridgehead atoms. The molecular formula is C14H28N2O2. The quantitative estimate of drug-likeness (QED) is 0.730. The maximum Gasteiger partial charge on any atom is 0.249 e. The van der Waals surface area contributed by atoms with Crippen LogP contribution in [0, 0.1) is 5.92 Å². The largest absolute Gasteiger partial charge is 0.365 e. The Morgan fingerprint density at radius 1 is 1.44 bits per heavy atom. The van der Waals surface area contributed by atoms with Gasteiger partial charge < -0.3 is 15.8 Å². The van der Waals surface area contributed by atoms with Crippen molar-refractivity contribution in [3.63, 3.8) is 0 Å². The van der Waals surface area contributed by atoms with Crippen LogP contribution in [0.15, 0.2) is 0 Å². The zero-order valence-corrected chi connectivity index (χ0v) is 11.9. The normalized spacial score (nSPS) is 26.9. The molecule has 3 N–H and O–H groups in total. The number of carbonyl (C=O) groups excluding carboxylic acids is 1. The summed E-state index contributed by atoms with van der Waals surface area (Å²) in [4.78, 5) is 11.9. The Morgan fingerprint density at radius 3 is 2.78 bits per heavy atom. The lowest BCUT2D eigenvalue weighted by Gasteiger charge is -2.24. The van der Waals surface area contributed by atoms with Crippen molar-refractivity contribution in [2.75, 3.05) is 6.54 Å². The molecule has 1 amide bonds. The topological polar surface area (TPSA) is 64.3 Å². The van der Waals surface area contributed by atoms with Gasteiger partial charge >= 0.3 is 0 Å². The second kappa shape index (κ2) is 7.74. The Labute approximate surface area is 111 Å². The molecule has 106 valence electrons. The minimum absolute atomic E-state index is 0.00128. The summed E-state index contributed by atoms with van der Waals surface area (Å²) in [7, 11) is 0. The van der Waals surface area contributed by atoms with Gasteiger partial charge in [0, 0.05) is 6.04 Å². The first-order valence-electron chi connectivity index (χ1n) is 7.24. The minimum atomic E-state index is -0.374. The fourth-order valence-corrected chi connectivity index (χ4v) is 2.64. The summed E-state index contributed by atoms with van der Waals surface area (Å²) in [6.07, 6.45) is 5.19. The van der Waals surface area contributed by atoms with Gasteiger partial charge in [0.2, 0.25) is 5.91 Å². The van der Waals surface area contributed by atoms with E-state index >= 15 is 0 Å². The molecule has 4 nitrogen and oxygen atoms in total. The Kier molecular flexibility index (Phi) is 6.65. The monoisotopic (exact) mass is 256 g/mol. The molecule has 4 unspecified atom stereocenters. The first kappa shape index (κ1) is 15.4. The fourth-order valence-electron chi connectivity index (χ4n) is 2.64. The molecule has 0 aromatic carbocycles. The average Bonchev–Trinajstić information content (AvgIpc) is 2.76. The molecule has 1 aliphatic carbocycles. The van der Waals surface area contributed by atoms with Gasteiger partial charge in [-0.1, -0.05) is 19.8 Å². The molecule has 0 spiro atoms. The van der Waals surface area contributed by atoms with Crippen molar-refractivity contribution >= 4 is 5.91 Å². The summed E-state index contributed by atoms with van der Waals surface area (Å²) < 4.78 is 5.86. The Hall–Kier alpha value is -0.610. The molecule has 0 aromatic rings. The van der Waals surface area contributed by atoms with Crippen molar-refractivity contribution in [2.45, 2.75) is 71.1 Å². The molecule has 4 atom stereocenters. The third kappa shape index (κ3) is 4.58. The van der Waals surface area contributed by atoms with Crippen LogP contribution in [0.3, 0.4) is 0 Å². The van der Waals surface area contributed by atoms with Crippen LogP contribution < -0.4 is 11.1 Å². The lowest BCUT2D eigenvalue weighted by atomic mass is 10.1. The van der Waals surface area contributed by atoms with Gasteiger partial charge in [-0.2, -0.15) is 0 Å². The smallest absolute Gasteiger partial charge is 0.249 e. The van der Waals surface area contributed by atoms with Crippen LogP contribution >= 0.6 is 0 Å². The van der Waals surface area contributed by atoms with Crippen molar-refractivity contribution in [3.05, 3.63) is 0 Å². The SMILES string of the molecule is CCCC(C)NC(=O)C(C)OC1CCCC1CN. The van der Waals surface area contributed by atoms with Crippen LogP contribution in [-0.4, -0.2) is 30.7 Å². The molecule has 4 heteroatoms. The summed E-state index contributed by atoms with van der Waals surface area (Å²) in [5.74, 6) is 0.423. The van der Waals surface area contributed by atoms with E-state index in [9.17, 15) is 4.79 Å². The highest BCUT2D eigenvalue weighted by Gasteiger charge is 2.30. The van der Waals surface area contributed by atoms with E-state index in [4.69, 9.17) is 10.5 Å². The fraction of sp³-hybridized carbons (Fsp3) is 0.929. The van der Waals surface area contributed by atoms with Gasteiger partial charge in [-0.15, -0.1) is 0 Å². The van der Waals surface area contributed by atoms with Gasteiger partial charge in [0.1, 0.15) is 6.10 Å². The minimum Gasteiger partial charge on any atom is -0.365 e. The molecule has 0 aromatic heterocycles. The van der Waals surface area contributed by atoms with E-state index in [0.29, 0.717) is 12.5 Å². The molecular weight excluding hydrogens is 228 g/mol. The van der Waals surface area contributed by atoms with Gasteiger partial charge in [0.15, 0.2) is 0 Å². The number of nitrogens with two attached hydrogens (primary N) is 1. The summed E-state index contributed by atoms with van der Waals surface area (Å²) in [5, 5.41) is 2.99. The molecule has 1 rings (SSSR count). The number of carbonyl (C=O) groups is 1. The highest BCUT2D eigenvalue weighted by molar-refractivity contribution is 5.80. The standard InChI is InChI=1S/C14H28N2O2/c1-4-6-10(2)16-14(17)11(3)18-13-8-5-7-12(13)9-15/h10-13H,4-9,15H2,1-3H3,(H,16,17). The van der Waals surface area contributed by atoms with Crippen LogP contribution in [0.1, 0.15) is 52.9 Å². The average molecular weight is 256 g/mol. The number of nitrogens with one attached hydrogen (secondary N) is 1. The molecule has 18 heavy (non-hydrogen) atoms. The zero-order valence-electron chi connectivity index (χ0n) is 11.9. The Bertz CT molecular complexity index is 258. The maximum absolute atomic E-state index is 11.9. The molecule has 1 saturated carbocycles. The van der Waals surface area contributed by atoms with Crippen LogP contribution in [-0.2, 0) is 9.53 Å². The van der Waals surface area contributed by atoms with Gasteiger partial charge in [-0.25, -0.2) is 0 Å². The van der Waals surface area contributed by atoms with Crippen molar-refractivity contribution < 1.29 is 9.53 Å². The third-order valence-corrected chi connectivity index (χ3v) is 3.75. The summed E-state index contributed by atoms with van der Waals surface area (Å²) >= 11 is 0. The van der Waals surface area contributed by atoms with Crippen LogP contribution in [0.25, 0.3) is 0 Å². The van der Waals surface area contributed by atoms with Crippen LogP contribution in [0.2, 0.25) is 0 Å². The molecule has 0 radical (unpaired) electrons. The number of ether oxygens (including phenoxy) is 1. The van der Waals surface area contributed by atoms with Crippen LogP contribution in [0.5, 0.6) is 0 Å². The predicted molar refractivity (Wildman–Crippen MR) is 73.2 cm³/mol. The summed E-state index contributed by atoms with van der Waals surface area (Å²) in [6, 6.07) is 0.224. The third-order valence-electron chi connectivity index (χ3n) is 3.75. The lowest BCUT2D eigenvalue weighted by Crippen LogP contribution is -2.42. The number of hydrogen-bond donors (Lipinski definition) is 2. The van der Waals surface area contributed by atoms with E-state index < -0.39 is 0 Å². The number of rotatable bonds is 7. The first-order valence-corrected chi connectivity index (χ1v) is 7.24. The van der Waals surface area contributed by atoms with Gasteiger partial charge in [-0.05, 0) is 45.6 Å². The van der Waals surface area contributed by atoms with Crippen LogP contribution in [0.4, 0.5) is 0 Å². The summed E-state index contributed by atoms with van der Waals surface area (Å²) in [6.45, 7) is 6.64. The van der Waals surface area contributed by atoms with Crippen molar-refractivity contribution in [3.8, 4) is 0 Å². The summed E-state index contributed by atoms with van der Waals surface area (Å²) in [5.41, 5.74) is 5.72. The second-order valence-corrected chi connectivity index (χ2v) is 5.44. The lowest BCUT2D eigenvalue weighted by molar-refractivity contribution is -0.137. The number of hydrogen-bond acceptors (Lipinski definition) is 3. The highest BCUT2D eigenvalue weighted by Crippen LogP contribution is 2.28. The van der Waals surface area contributed by atoms with E-state index in [1.807, 2.05) is 13.8 Å². The number of amides is 1. The highest BCUT2D eigenvalue weighted by atomic mass is 16.5. The van der Waals surface area contributed by atoms with Crippen molar-refractivity contribution in [1.29, 1.82) is 0 Å². The molecule has 0 saturated heterocycles. The first-order chi connectivity index (χ1) is 8.58. The predicted octanol–water partition coefficient (Wildman–Crippen LogP) is 1.82. The van der Waals surface area contributed by atoms with Gasteiger partial charge in [0.05, 0.1) is 6.10 Å². The van der Waals surface area contributed by atoms with E-state index in [1.54, 1.807) is 0 Å². The van der Waals surface area contributed by atoms with E-state index in [-0.39, 0.29) is 24.2 Å². The van der Waals surface area contributed by atoms with Crippen molar-refractivity contribution in [1.82, 2.24) is 5.32 Å². The Morgan fingerprint density at radius 2 is 2.17 bits per heavy atom. The van der Waals surface area contributed by atoms with Gasteiger partial charge in [0.25, 0.3) is 0 Å². The molecule has 0 heterocycles. The molecule has 0 aliphatic heterocycles. The van der Waals surface area contributed by atoms with E-state index in [0.717, 1.165) is 32.1 Å². The molecule has 1 fully saturated rings. The Balaban J connectivity index is 2.35. The van der Waals surface area contributed by atoms with Gasteiger partial charge in [-0.3, -0.25) is 4.79 Å². The molecule has 1 aliphatic rings.